The van der Waals surface area contributed by atoms with Gasteiger partial charge in [0.05, 0.1) is 12.0 Å². The highest BCUT2D eigenvalue weighted by Crippen LogP contribution is 2.59. The van der Waals surface area contributed by atoms with Crippen LogP contribution in [0.5, 0.6) is 11.5 Å². The molecule has 0 aliphatic heterocycles. The summed E-state index contributed by atoms with van der Waals surface area (Å²) in [6, 6.07) is 16.3. The van der Waals surface area contributed by atoms with Crippen LogP contribution in [0.25, 0.3) is 11.1 Å². The van der Waals surface area contributed by atoms with E-state index in [0.29, 0.717) is 11.2 Å². The quantitative estimate of drug-likeness (QED) is 0.137. The van der Waals surface area contributed by atoms with E-state index in [4.69, 9.17) is 9.47 Å². The SMILES string of the molecule is CCCCCCCCOc1ccc(-c2ccc(OC(=O)C34CCC(CCCCC)(CC3)CC4)cc2)cc1. The Morgan fingerprint density at radius 3 is 1.76 bits per heavy atom. The van der Waals surface area contributed by atoms with Gasteiger partial charge in [-0.2, -0.15) is 0 Å². The molecule has 3 aliphatic carbocycles. The van der Waals surface area contributed by atoms with Gasteiger partial charge in [0.2, 0.25) is 0 Å². The molecule has 0 atom stereocenters. The monoisotopic (exact) mass is 504 g/mol. The first-order valence-corrected chi connectivity index (χ1v) is 15.1. The topological polar surface area (TPSA) is 35.5 Å². The highest BCUT2D eigenvalue weighted by molar-refractivity contribution is 5.80. The molecule has 3 nitrogen and oxygen atoms in total. The lowest BCUT2D eigenvalue weighted by molar-refractivity contribution is -0.156. The molecule has 0 aromatic heterocycles. The maximum Gasteiger partial charge on any atom is 0.317 e. The van der Waals surface area contributed by atoms with Crippen LogP contribution in [-0.4, -0.2) is 12.6 Å². The summed E-state index contributed by atoms with van der Waals surface area (Å²) < 4.78 is 11.9. The van der Waals surface area contributed by atoms with Crippen molar-refractivity contribution in [1.29, 1.82) is 0 Å². The van der Waals surface area contributed by atoms with Crippen LogP contribution in [-0.2, 0) is 4.79 Å². The van der Waals surface area contributed by atoms with Gasteiger partial charge in [0.25, 0.3) is 0 Å². The average Bonchev–Trinajstić information content (AvgIpc) is 2.94. The Balaban J connectivity index is 1.23. The second-order valence-electron chi connectivity index (χ2n) is 11.8. The van der Waals surface area contributed by atoms with E-state index >= 15 is 0 Å². The van der Waals surface area contributed by atoms with Crippen molar-refractivity contribution in [2.75, 3.05) is 6.61 Å². The highest BCUT2D eigenvalue weighted by atomic mass is 16.5. The van der Waals surface area contributed by atoms with Gasteiger partial charge in [-0.15, -0.1) is 0 Å². The summed E-state index contributed by atoms with van der Waals surface area (Å²) in [4.78, 5) is 13.2. The Kier molecular flexibility index (Phi) is 10.1. The van der Waals surface area contributed by atoms with Crippen LogP contribution in [0, 0.1) is 10.8 Å². The number of esters is 1. The number of unbranched alkanes of at least 4 members (excludes halogenated alkanes) is 7. The second-order valence-corrected chi connectivity index (χ2v) is 11.8. The number of hydrogen-bond acceptors (Lipinski definition) is 3. The third-order valence-electron chi connectivity index (χ3n) is 9.16. The number of carbonyl (C=O) groups is 1. The van der Waals surface area contributed by atoms with Crippen LogP contribution in [0.4, 0.5) is 0 Å². The summed E-state index contributed by atoms with van der Waals surface area (Å²) in [7, 11) is 0. The largest absolute Gasteiger partial charge is 0.494 e. The lowest BCUT2D eigenvalue weighted by Gasteiger charge is -2.52. The van der Waals surface area contributed by atoms with Gasteiger partial charge in [0.15, 0.2) is 0 Å². The number of ether oxygens (including phenoxy) is 2. The third-order valence-corrected chi connectivity index (χ3v) is 9.16. The van der Waals surface area contributed by atoms with Crippen molar-refractivity contribution in [3.63, 3.8) is 0 Å². The summed E-state index contributed by atoms with van der Waals surface area (Å²) >= 11 is 0. The molecule has 37 heavy (non-hydrogen) atoms. The molecule has 0 amide bonds. The molecule has 202 valence electrons. The van der Waals surface area contributed by atoms with E-state index in [1.165, 1.54) is 77.0 Å². The summed E-state index contributed by atoms with van der Waals surface area (Å²) in [5, 5.41) is 0. The van der Waals surface area contributed by atoms with E-state index in [1.807, 2.05) is 36.4 Å². The van der Waals surface area contributed by atoms with Gasteiger partial charge in [0.1, 0.15) is 11.5 Å². The van der Waals surface area contributed by atoms with Crippen molar-refractivity contribution in [2.24, 2.45) is 10.8 Å². The predicted octanol–water partition coefficient (Wildman–Crippen LogP) is 9.92. The fourth-order valence-corrected chi connectivity index (χ4v) is 6.44. The normalized spacial score (nSPS) is 22.6. The van der Waals surface area contributed by atoms with Crippen LogP contribution < -0.4 is 9.47 Å². The fraction of sp³-hybridized carbons (Fsp3) is 0.618. The molecule has 0 unspecified atom stereocenters. The van der Waals surface area contributed by atoms with Crippen molar-refractivity contribution in [3.05, 3.63) is 48.5 Å². The number of benzene rings is 2. The molecule has 3 heteroatoms. The Morgan fingerprint density at radius 2 is 1.16 bits per heavy atom. The summed E-state index contributed by atoms with van der Waals surface area (Å²) in [5.74, 6) is 1.58. The zero-order valence-electron chi connectivity index (χ0n) is 23.4. The first-order valence-electron chi connectivity index (χ1n) is 15.1. The maximum atomic E-state index is 13.2. The molecular formula is C34H48O3. The Hall–Kier alpha value is -2.29. The molecule has 0 N–H and O–H groups in total. The minimum atomic E-state index is -0.253. The van der Waals surface area contributed by atoms with E-state index in [0.717, 1.165) is 49.2 Å². The van der Waals surface area contributed by atoms with Crippen LogP contribution >= 0.6 is 0 Å². The first-order chi connectivity index (χ1) is 18.1. The molecule has 0 saturated heterocycles. The highest BCUT2D eigenvalue weighted by Gasteiger charge is 2.52. The minimum absolute atomic E-state index is 0.00558. The summed E-state index contributed by atoms with van der Waals surface area (Å²) in [6.07, 6.45) is 19.5. The van der Waals surface area contributed by atoms with Crippen molar-refractivity contribution in [3.8, 4) is 22.6 Å². The van der Waals surface area contributed by atoms with Crippen LogP contribution in [0.2, 0.25) is 0 Å². The van der Waals surface area contributed by atoms with E-state index in [1.54, 1.807) is 0 Å². The van der Waals surface area contributed by atoms with Gasteiger partial charge in [-0.1, -0.05) is 89.5 Å². The lowest BCUT2D eigenvalue weighted by atomic mass is 9.52. The summed E-state index contributed by atoms with van der Waals surface area (Å²) in [6.45, 7) is 5.31. The van der Waals surface area contributed by atoms with Gasteiger partial charge in [-0.25, -0.2) is 0 Å². The Labute approximate surface area is 225 Å². The van der Waals surface area contributed by atoms with Crippen molar-refractivity contribution < 1.29 is 14.3 Å². The molecule has 2 bridgehead atoms. The van der Waals surface area contributed by atoms with E-state index in [-0.39, 0.29) is 11.4 Å². The van der Waals surface area contributed by atoms with Crippen LogP contribution in [0.15, 0.2) is 48.5 Å². The number of fused-ring (bicyclic) bond motifs is 3. The van der Waals surface area contributed by atoms with Crippen LogP contribution in [0.3, 0.4) is 0 Å². The molecule has 2 aromatic rings. The average molecular weight is 505 g/mol. The molecule has 3 saturated carbocycles. The third kappa shape index (κ3) is 7.39. The number of hydrogen-bond donors (Lipinski definition) is 0. The summed E-state index contributed by atoms with van der Waals surface area (Å²) in [5.41, 5.74) is 2.51. The van der Waals surface area contributed by atoms with Gasteiger partial charge < -0.3 is 9.47 Å². The zero-order chi connectivity index (χ0) is 26.0. The lowest BCUT2D eigenvalue weighted by Crippen LogP contribution is -2.47. The number of rotatable bonds is 15. The van der Waals surface area contributed by atoms with E-state index < -0.39 is 0 Å². The molecule has 3 fully saturated rings. The molecule has 2 aromatic carbocycles. The Bertz CT molecular complexity index is 935. The molecule has 0 spiro atoms. The molecule has 3 aliphatic rings. The molecular weight excluding hydrogens is 456 g/mol. The Morgan fingerprint density at radius 1 is 0.649 bits per heavy atom. The van der Waals surface area contributed by atoms with Gasteiger partial charge in [-0.3, -0.25) is 4.79 Å². The van der Waals surface area contributed by atoms with Crippen molar-refractivity contribution in [2.45, 2.75) is 117 Å². The first kappa shape index (κ1) is 27.7. The molecule has 5 rings (SSSR count). The van der Waals surface area contributed by atoms with Gasteiger partial charge >= 0.3 is 5.97 Å². The molecule has 0 radical (unpaired) electrons. The smallest absolute Gasteiger partial charge is 0.317 e. The minimum Gasteiger partial charge on any atom is -0.494 e. The van der Waals surface area contributed by atoms with Crippen molar-refractivity contribution >= 4 is 5.97 Å². The number of carbonyl (C=O) groups excluding carboxylic acids is 1. The van der Waals surface area contributed by atoms with Crippen LogP contribution in [0.1, 0.15) is 117 Å². The zero-order valence-corrected chi connectivity index (χ0v) is 23.4. The second kappa shape index (κ2) is 13.5. The predicted molar refractivity (Wildman–Crippen MR) is 153 cm³/mol. The standard InChI is InChI=1S/C34H48O3/c1-3-5-7-8-9-11-27-36-30-16-12-28(13-17-30)29-14-18-31(19-15-29)37-32(35)34-24-21-33(22-25-34,23-26-34)20-10-6-4-2/h12-19H,3-11,20-27H2,1-2H3. The fourth-order valence-electron chi connectivity index (χ4n) is 6.44. The van der Waals surface area contributed by atoms with E-state index in [2.05, 4.69) is 26.0 Å². The van der Waals surface area contributed by atoms with Gasteiger partial charge in [0, 0.05) is 0 Å². The maximum absolute atomic E-state index is 13.2. The van der Waals surface area contributed by atoms with Crippen molar-refractivity contribution in [1.82, 2.24) is 0 Å². The molecule has 0 heterocycles. The van der Waals surface area contributed by atoms with E-state index in [9.17, 15) is 4.79 Å². The van der Waals surface area contributed by atoms with Gasteiger partial charge in [-0.05, 0) is 92.2 Å².